The number of ether oxygens (including phenoxy) is 1. The molecule has 2 heterocycles. The van der Waals surface area contributed by atoms with E-state index in [1.54, 1.807) is 0 Å². The van der Waals surface area contributed by atoms with Crippen LogP contribution in [0.4, 0.5) is 5.95 Å². The number of imidazole rings is 1. The van der Waals surface area contributed by atoms with Gasteiger partial charge in [0.1, 0.15) is 0 Å². The van der Waals surface area contributed by atoms with Gasteiger partial charge >= 0.3 is 0 Å². The Morgan fingerprint density at radius 2 is 2.35 bits per heavy atom. The fourth-order valence-corrected chi connectivity index (χ4v) is 2.23. The van der Waals surface area contributed by atoms with E-state index >= 15 is 0 Å². The lowest BCUT2D eigenvalue weighted by atomic mass is 10.1. The van der Waals surface area contributed by atoms with Crippen LogP contribution in [0.1, 0.15) is 38.8 Å². The van der Waals surface area contributed by atoms with Crippen molar-refractivity contribution in [1.29, 1.82) is 0 Å². The van der Waals surface area contributed by atoms with Gasteiger partial charge in [-0.25, -0.2) is 4.98 Å². The van der Waals surface area contributed by atoms with Crippen molar-refractivity contribution < 1.29 is 4.74 Å². The Morgan fingerprint density at radius 1 is 1.53 bits per heavy atom. The number of nitrogens with one attached hydrogen (secondary N) is 1. The van der Waals surface area contributed by atoms with E-state index in [1.165, 1.54) is 19.3 Å². The van der Waals surface area contributed by atoms with Crippen molar-refractivity contribution >= 4 is 5.95 Å². The summed E-state index contributed by atoms with van der Waals surface area (Å²) in [6.07, 6.45) is 6.10. The molecule has 0 amide bonds. The molecule has 1 atom stereocenters. The average molecular weight is 237 g/mol. The molecule has 1 unspecified atom stereocenters. The van der Waals surface area contributed by atoms with Crippen LogP contribution in [-0.2, 0) is 11.3 Å². The Kier molecular flexibility index (Phi) is 4.05. The third kappa shape index (κ3) is 3.46. The number of hydrogen-bond donors (Lipinski definition) is 1. The van der Waals surface area contributed by atoms with Crippen LogP contribution in [-0.4, -0.2) is 28.3 Å². The maximum absolute atomic E-state index is 5.77. The lowest BCUT2D eigenvalue weighted by Crippen LogP contribution is -2.25. The Labute approximate surface area is 103 Å². The van der Waals surface area contributed by atoms with Crippen molar-refractivity contribution in [3.63, 3.8) is 0 Å². The van der Waals surface area contributed by atoms with Crippen LogP contribution in [0.25, 0.3) is 0 Å². The molecule has 96 valence electrons. The highest BCUT2D eigenvalue weighted by Crippen LogP contribution is 2.17. The van der Waals surface area contributed by atoms with Crippen LogP contribution in [0.2, 0.25) is 0 Å². The van der Waals surface area contributed by atoms with Crippen molar-refractivity contribution in [1.82, 2.24) is 9.55 Å². The molecule has 1 aromatic heterocycles. The van der Waals surface area contributed by atoms with Crippen LogP contribution in [0.3, 0.4) is 0 Å². The van der Waals surface area contributed by atoms with Crippen molar-refractivity contribution in [3.8, 4) is 0 Å². The van der Waals surface area contributed by atoms with Gasteiger partial charge in [0.2, 0.25) is 5.95 Å². The fourth-order valence-electron chi connectivity index (χ4n) is 2.23. The predicted octanol–water partition coefficient (Wildman–Crippen LogP) is 2.58. The zero-order chi connectivity index (χ0) is 12.3. The minimum absolute atomic E-state index is 0.352. The van der Waals surface area contributed by atoms with E-state index in [9.17, 15) is 0 Å². The largest absolute Gasteiger partial charge is 0.376 e. The molecule has 1 saturated heterocycles. The van der Waals surface area contributed by atoms with Gasteiger partial charge in [0.05, 0.1) is 18.3 Å². The molecule has 0 saturated carbocycles. The summed E-state index contributed by atoms with van der Waals surface area (Å²) in [5, 5.41) is 3.38. The highest BCUT2D eigenvalue weighted by molar-refractivity contribution is 5.29. The number of aryl methyl sites for hydroxylation is 1. The van der Waals surface area contributed by atoms with Gasteiger partial charge < -0.3 is 14.6 Å². The van der Waals surface area contributed by atoms with Gasteiger partial charge in [-0.15, -0.1) is 0 Å². The number of aromatic nitrogens is 2. The summed E-state index contributed by atoms with van der Waals surface area (Å²) < 4.78 is 7.96. The maximum atomic E-state index is 5.77. The molecule has 17 heavy (non-hydrogen) atoms. The molecule has 1 aliphatic rings. The third-order valence-corrected chi connectivity index (χ3v) is 2.99. The molecule has 4 nitrogen and oxygen atoms in total. The summed E-state index contributed by atoms with van der Waals surface area (Å²) in [5.41, 5.74) is 1.06. The molecule has 2 rings (SSSR count). The smallest absolute Gasteiger partial charge is 0.203 e. The van der Waals surface area contributed by atoms with E-state index in [2.05, 4.69) is 34.9 Å². The molecule has 1 fully saturated rings. The van der Waals surface area contributed by atoms with Crippen LogP contribution in [0.15, 0.2) is 6.20 Å². The molecule has 0 aromatic carbocycles. The van der Waals surface area contributed by atoms with E-state index in [0.29, 0.717) is 12.1 Å². The van der Waals surface area contributed by atoms with Gasteiger partial charge in [-0.2, -0.15) is 0 Å². The molecular weight excluding hydrogens is 214 g/mol. The zero-order valence-corrected chi connectivity index (χ0v) is 11.1. The third-order valence-electron chi connectivity index (χ3n) is 2.99. The van der Waals surface area contributed by atoms with E-state index in [4.69, 9.17) is 4.74 Å². The first kappa shape index (κ1) is 12.4. The molecule has 0 spiro atoms. The molecule has 4 heteroatoms. The molecule has 1 aliphatic heterocycles. The van der Waals surface area contributed by atoms with Crippen LogP contribution in [0.5, 0.6) is 0 Å². The first-order chi connectivity index (χ1) is 8.15. The normalized spacial score (nSPS) is 20.8. The lowest BCUT2D eigenvalue weighted by molar-refractivity contribution is 0.00627. The second-order valence-electron chi connectivity index (χ2n) is 5.15. The Bertz CT molecular complexity index is 354. The number of rotatable bonds is 4. The minimum atomic E-state index is 0.352. The topological polar surface area (TPSA) is 39.1 Å². The van der Waals surface area contributed by atoms with Gasteiger partial charge in [-0.1, -0.05) is 0 Å². The predicted molar refractivity (Wildman–Crippen MR) is 69.3 cm³/mol. The Hall–Kier alpha value is -1.03. The van der Waals surface area contributed by atoms with Gasteiger partial charge in [0.15, 0.2) is 0 Å². The standard InChI is InChI=1S/C13H23N3O/c1-10(2)14-13-15-11(3)8-16(13)9-12-6-4-5-7-17-12/h8,10,12H,4-7,9H2,1-3H3,(H,14,15). The second kappa shape index (κ2) is 5.54. The summed E-state index contributed by atoms with van der Waals surface area (Å²) in [4.78, 5) is 4.51. The molecule has 1 N–H and O–H groups in total. The van der Waals surface area contributed by atoms with Crippen LogP contribution >= 0.6 is 0 Å². The van der Waals surface area contributed by atoms with Crippen molar-refractivity contribution in [2.45, 2.75) is 58.7 Å². The fraction of sp³-hybridized carbons (Fsp3) is 0.769. The van der Waals surface area contributed by atoms with Crippen molar-refractivity contribution in [2.75, 3.05) is 11.9 Å². The van der Waals surface area contributed by atoms with Crippen LogP contribution in [0, 0.1) is 6.92 Å². The van der Waals surface area contributed by atoms with E-state index in [0.717, 1.165) is 24.8 Å². The van der Waals surface area contributed by atoms with Gasteiger partial charge in [-0.3, -0.25) is 0 Å². The average Bonchev–Trinajstić information content (AvgIpc) is 2.59. The van der Waals surface area contributed by atoms with Gasteiger partial charge in [0.25, 0.3) is 0 Å². The Morgan fingerprint density at radius 3 is 3.00 bits per heavy atom. The van der Waals surface area contributed by atoms with Gasteiger partial charge in [-0.05, 0) is 40.0 Å². The SMILES string of the molecule is Cc1cn(CC2CCCCO2)c(NC(C)C)n1. The summed E-state index contributed by atoms with van der Waals surface area (Å²) >= 11 is 0. The molecular formula is C13H23N3O. The number of hydrogen-bond acceptors (Lipinski definition) is 3. The summed E-state index contributed by atoms with van der Waals surface area (Å²) in [6, 6.07) is 0.405. The second-order valence-corrected chi connectivity index (χ2v) is 5.15. The lowest BCUT2D eigenvalue weighted by Gasteiger charge is -2.24. The van der Waals surface area contributed by atoms with Crippen molar-refractivity contribution in [2.24, 2.45) is 0 Å². The summed E-state index contributed by atoms with van der Waals surface area (Å²) in [6.45, 7) is 8.11. The summed E-state index contributed by atoms with van der Waals surface area (Å²) in [5.74, 6) is 0.965. The monoisotopic (exact) mass is 237 g/mol. The first-order valence-corrected chi connectivity index (χ1v) is 6.57. The summed E-state index contributed by atoms with van der Waals surface area (Å²) in [7, 11) is 0. The quantitative estimate of drug-likeness (QED) is 0.874. The van der Waals surface area contributed by atoms with E-state index in [1.807, 2.05) is 6.92 Å². The maximum Gasteiger partial charge on any atom is 0.203 e. The molecule has 1 aromatic rings. The number of anilines is 1. The minimum Gasteiger partial charge on any atom is -0.376 e. The highest BCUT2D eigenvalue weighted by Gasteiger charge is 2.16. The van der Waals surface area contributed by atoms with Crippen molar-refractivity contribution in [3.05, 3.63) is 11.9 Å². The number of nitrogens with zero attached hydrogens (tertiary/aromatic N) is 2. The Balaban J connectivity index is 2.02. The molecule has 0 radical (unpaired) electrons. The van der Waals surface area contributed by atoms with Crippen LogP contribution < -0.4 is 5.32 Å². The highest BCUT2D eigenvalue weighted by atomic mass is 16.5. The van der Waals surface area contributed by atoms with Gasteiger partial charge in [0, 0.05) is 18.8 Å². The molecule has 0 bridgehead atoms. The van der Waals surface area contributed by atoms with E-state index < -0.39 is 0 Å². The molecule has 0 aliphatic carbocycles. The zero-order valence-electron chi connectivity index (χ0n) is 11.1. The van der Waals surface area contributed by atoms with E-state index in [-0.39, 0.29) is 0 Å². The first-order valence-electron chi connectivity index (χ1n) is 6.57.